The first-order chi connectivity index (χ1) is 7.16. The summed E-state index contributed by atoms with van der Waals surface area (Å²) in [7, 11) is -4.22. The minimum Gasteiger partial charge on any atom is -0.505 e. The van der Waals surface area contributed by atoms with Crippen LogP contribution in [0.5, 0.6) is 5.75 Å². The molecule has 6 nitrogen and oxygen atoms in total. The molecule has 0 unspecified atom stereocenters. The number of rotatable bonds is 2. The van der Waals surface area contributed by atoms with Crippen LogP contribution in [0.2, 0.25) is 10.0 Å². The van der Waals surface area contributed by atoms with Gasteiger partial charge in [-0.2, -0.15) is 0 Å². The monoisotopic (exact) mass is 285 g/mol. The number of phenols is 1. The number of hydrogen-bond acceptors (Lipinski definition) is 4. The summed E-state index contributed by atoms with van der Waals surface area (Å²) in [5.41, 5.74) is -0.696. The Morgan fingerprint density at radius 1 is 1.31 bits per heavy atom. The van der Waals surface area contributed by atoms with Crippen molar-refractivity contribution in [3.63, 3.8) is 0 Å². The summed E-state index contributed by atoms with van der Waals surface area (Å²) in [5.74, 6) is -2.37. The number of benzene rings is 1. The third-order valence-corrected chi connectivity index (χ3v) is 3.59. The predicted octanol–water partition coefficient (Wildman–Crippen LogP) is 1.04. The number of halogens is 2. The van der Waals surface area contributed by atoms with Crippen LogP contribution < -0.4 is 5.14 Å². The first kappa shape index (κ1) is 13.0. The van der Waals surface area contributed by atoms with E-state index in [2.05, 4.69) is 0 Å². The zero-order chi connectivity index (χ0) is 12.7. The fourth-order valence-corrected chi connectivity index (χ4v) is 2.32. The zero-order valence-electron chi connectivity index (χ0n) is 7.44. The molecular weight excluding hydrogens is 281 g/mol. The van der Waals surface area contributed by atoms with Crippen LogP contribution in [0.1, 0.15) is 10.4 Å². The summed E-state index contributed by atoms with van der Waals surface area (Å²) in [5, 5.41) is 21.7. The van der Waals surface area contributed by atoms with Gasteiger partial charge in [0.15, 0.2) is 0 Å². The number of nitrogens with two attached hydrogens (primary N) is 1. The normalized spacial score (nSPS) is 11.4. The summed E-state index contributed by atoms with van der Waals surface area (Å²) in [4.78, 5) is 10.0. The van der Waals surface area contributed by atoms with Gasteiger partial charge in [-0.3, -0.25) is 0 Å². The van der Waals surface area contributed by atoms with Crippen molar-refractivity contribution in [2.45, 2.75) is 4.90 Å². The number of hydrogen-bond donors (Lipinski definition) is 3. The van der Waals surface area contributed by atoms with E-state index in [9.17, 15) is 18.3 Å². The summed E-state index contributed by atoms with van der Waals surface area (Å²) in [6.45, 7) is 0. The maximum absolute atomic E-state index is 11.1. The minimum atomic E-state index is -4.22. The van der Waals surface area contributed by atoms with E-state index in [1.807, 2.05) is 0 Å². The molecule has 4 N–H and O–H groups in total. The Bertz CT molecular complexity index is 569. The molecule has 1 aromatic carbocycles. The lowest BCUT2D eigenvalue weighted by Gasteiger charge is -2.08. The van der Waals surface area contributed by atoms with E-state index in [4.69, 9.17) is 33.4 Å². The largest absolute Gasteiger partial charge is 0.505 e. The van der Waals surface area contributed by atoms with Gasteiger partial charge >= 0.3 is 5.97 Å². The Morgan fingerprint density at radius 2 is 1.81 bits per heavy atom. The lowest BCUT2D eigenvalue weighted by atomic mass is 10.2. The van der Waals surface area contributed by atoms with Crippen LogP contribution >= 0.6 is 23.2 Å². The van der Waals surface area contributed by atoms with Gasteiger partial charge in [0.05, 0.1) is 5.02 Å². The highest BCUT2D eigenvalue weighted by Crippen LogP contribution is 2.38. The van der Waals surface area contributed by atoms with E-state index in [-0.39, 0.29) is 0 Å². The molecule has 0 amide bonds. The summed E-state index contributed by atoms with van der Waals surface area (Å²) >= 11 is 11.0. The van der Waals surface area contributed by atoms with E-state index < -0.39 is 42.2 Å². The van der Waals surface area contributed by atoms with E-state index in [1.165, 1.54) is 0 Å². The molecule has 0 aliphatic carbocycles. The summed E-state index contributed by atoms with van der Waals surface area (Å²) in [6.07, 6.45) is 0. The highest BCUT2D eigenvalue weighted by molar-refractivity contribution is 7.89. The standard InChI is InChI=1S/C7H5Cl2NO5S/c8-4-3(16(10,14)15)1-2(7(12)13)6(11)5(4)9/h1,11H,(H,12,13)(H2,10,14,15). The van der Waals surface area contributed by atoms with E-state index >= 15 is 0 Å². The smallest absolute Gasteiger partial charge is 0.339 e. The Kier molecular flexibility index (Phi) is 3.34. The second-order valence-corrected chi connectivity index (χ2v) is 5.03. The van der Waals surface area contributed by atoms with Crippen molar-refractivity contribution < 1.29 is 23.4 Å². The van der Waals surface area contributed by atoms with Gasteiger partial charge in [-0.25, -0.2) is 18.4 Å². The minimum absolute atomic E-state index is 0.522. The van der Waals surface area contributed by atoms with Crippen molar-refractivity contribution in [1.82, 2.24) is 0 Å². The van der Waals surface area contributed by atoms with Gasteiger partial charge in [0, 0.05) is 0 Å². The fraction of sp³-hybridized carbons (Fsp3) is 0. The molecule has 0 aliphatic rings. The lowest BCUT2D eigenvalue weighted by Crippen LogP contribution is -2.14. The van der Waals surface area contributed by atoms with Gasteiger partial charge in [0.25, 0.3) is 0 Å². The Morgan fingerprint density at radius 3 is 2.19 bits per heavy atom. The van der Waals surface area contributed by atoms with Gasteiger partial charge in [0.2, 0.25) is 10.0 Å². The Labute approximate surface area is 100 Å². The number of carbonyl (C=O) groups is 1. The molecule has 0 fully saturated rings. The number of aromatic hydroxyl groups is 1. The highest BCUT2D eigenvalue weighted by atomic mass is 35.5. The maximum Gasteiger partial charge on any atom is 0.339 e. The topological polar surface area (TPSA) is 118 Å². The van der Waals surface area contributed by atoms with Gasteiger partial charge < -0.3 is 10.2 Å². The Balaban J connectivity index is 3.74. The number of sulfonamides is 1. The van der Waals surface area contributed by atoms with Crippen LogP contribution in [0, 0.1) is 0 Å². The number of carboxylic acid groups (broad SMARTS) is 1. The number of carboxylic acids is 1. The van der Waals surface area contributed by atoms with Gasteiger partial charge in [0.1, 0.15) is 21.2 Å². The molecule has 0 spiro atoms. The maximum atomic E-state index is 11.1. The number of primary sulfonamides is 1. The SMILES string of the molecule is NS(=O)(=O)c1cc(C(=O)O)c(O)c(Cl)c1Cl. The van der Waals surface area contributed by atoms with E-state index in [0.29, 0.717) is 6.07 Å². The summed E-state index contributed by atoms with van der Waals surface area (Å²) < 4.78 is 22.1. The van der Waals surface area contributed by atoms with Crippen molar-refractivity contribution >= 4 is 39.2 Å². The average Bonchev–Trinajstić information content (AvgIpc) is 2.11. The van der Waals surface area contributed by atoms with Crippen LogP contribution in [-0.4, -0.2) is 24.6 Å². The molecular formula is C7H5Cl2NO5S. The predicted molar refractivity (Wildman–Crippen MR) is 56.5 cm³/mol. The van der Waals surface area contributed by atoms with Gasteiger partial charge in [-0.05, 0) is 6.07 Å². The third kappa shape index (κ3) is 2.22. The molecule has 0 aromatic heterocycles. The van der Waals surface area contributed by atoms with E-state index in [0.717, 1.165) is 0 Å². The van der Waals surface area contributed by atoms with Crippen molar-refractivity contribution in [1.29, 1.82) is 0 Å². The molecule has 1 aromatic rings. The van der Waals surface area contributed by atoms with Crippen molar-refractivity contribution in [3.8, 4) is 5.75 Å². The molecule has 0 atom stereocenters. The van der Waals surface area contributed by atoms with Gasteiger partial charge in [-0.15, -0.1) is 0 Å². The third-order valence-electron chi connectivity index (χ3n) is 1.68. The van der Waals surface area contributed by atoms with Crippen molar-refractivity contribution in [3.05, 3.63) is 21.7 Å². The molecule has 0 bridgehead atoms. The first-order valence-corrected chi connectivity index (χ1v) is 5.93. The molecule has 1 rings (SSSR count). The molecule has 0 radical (unpaired) electrons. The number of aromatic carboxylic acids is 1. The second-order valence-electron chi connectivity index (χ2n) is 2.75. The second kappa shape index (κ2) is 4.10. The summed E-state index contributed by atoms with van der Waals surface area (Å²) in [6, 6.07) is 0.640. The average molecular weight is 286 g/mol. The highest BCUT2D eigenvalue weighted by Gasteiger charge is 2.24. The molecule has 9 heteroatoms. The molecule has 0 heterocycles. The van der Waals surface area contributed by atoms with Crippen molar-refractivity contribution in [2.24, 2.45) is 5.14 Å². The Hall–Kier alpha value is -1.02. The quantitative estimate of drug-likeness (QED) is 0.750. The van der Waals surface area contributed by atoms with E-state index in [1.54, 1.807) is 0 Å². The zero-order valence-corrected chi connectivity index (χ0v) is 9.77. The molecule has 88 valence electrons. The van der Waals surface area contributed by atoms with Crippen LogP contribution in [0.4, 0.5) is 0 Å². The van der Waals surface area contributed by atoms with Crippen LogP contribution in [0.15, 0.2) is 11.0 Å². The van der Waals surface area contributed by atoms with Crippen LogP contribution in [0.25, 0.3) is 0 Å². The van der Waals surface area contributed by atoms with Crippen LogP contribution in [0.3, 0.4) is 0 Å². The molecule has 0 aliphatic heterocycles. The lowest BCUT2D eigenvalue weighted by molar-refractivity contribution is 0.0693. The van der Waals surface area contributed by atoms with Crippen LogP contribution in [-0.2, 0) is 10.0 Å². The first-order valence-electron chi connectivity index (χ1n) is 3.63. The molecule has 0 saturated heterocycles. The molecule has 0 saturated carbocycles. The van der Waals surface area contributed by atoms with Gasteiger partial charge in [-0.1, -0.05) is 23.2 Å². The molecule has 16 heavy (non-hydrogen) atoms. The fourth-order valence-electron chi connectivity index (χ4n) is 0.963. The van der Waals surface area contributed by atoms with Crippen molar-refractivity contribution in [2.75, 3.05) is 0 Å².